The van der Waals surface area contributed by atoms with Crippen molar-refractivity contribution in [2.24, 2.45) is 0 Å². The third-order valence-corrected chi connectivity index (χ3v) is 0.839. The molecule has 0 saturated carbocycles. The first-order valence-electron chi connectivity index (χ1n) is 2.73. The van der Waals surface area contributed by atoms with Crippen LogP contribution in [0, 0.1) is 0 Å². The normalized spacial score (nSPS) is 10.2. The van der Waals surface area contributed by atoms with Crippen molar-refractivity contribution in [3.63, 3.8) is 0 Å². The Morgan fingerprint density at radius 3 is 3.12 bits per heavy atom. The van der Waals surface area contributed by atoms with Crippen molar-refractivity contribution < 1.29 is 1.41 Å². The first kappa shape index (κ1) is 3.72. The van der Waals surface area contributed by atoms with E-state index < -0.39 is 0 Å². The Labute approximate surface area is 48.8 Å². The van der Waals surface area contributed by atoms with E-state index in [2.05, 4.69) is 10.7 Å². The monoisotopic (exact) mass is 110 g/mol. The van der Waals surface area contributed by atoms with Gasteiger partial charge in [0.15, 0.2) is 1.41 Å². The third-order valence-electron chi connectivity index (χ3n) is 0.839. The lowest BCUT2D eigenvalue weighted by Crippen LogP contribution is -1.95. The molecule has 0 aliphatic carbocycles. The first-order valence-corrected chi connectivity index (χ1v) is 2.23. The molecule has 0 aliphatic heterocycles. The minimum atomic E-state index is 0.354. The second-order valence-electron chi connectivity index (χ2n) is 1.44. The third kappa shape index (κ3) is 0.703. The summed E-state index contributed by atoms with van der Waals surface area (Å²) in [6.45, 7) is 0. The SMILES string of the molecule is [2H]Nc1cccnc1N. The molecule has 0 bridgehead atoms. The predicted molar refractivity (Wildman–Crippen MR) is 33.1 cm³/mol. The lowest BCUT2D eigenvalue weighted by Gasteiger charge is -1.92. The molecular weight excluding hydrogens is 102 g/mol. The summed E-state index contributed by atoms with van der Waals surface area (Å²) in [5, 5.41) is 0. The highest BCUT2D eigenvalue weighted by molar-refractivity contribution is 5.56. The fraction of sp³-hybridized carbons (Fsp3) is 0. The van der Waals surface area contributed by atoms with E-state index in [9.17, 15) is 0 Å². The molecule has 3 nitrogen and oxygen atoms in total. The van der Waals surface area contributed by atoms with E-state index in [0.29, 0.717) is 11.5 Å². The molecule has 8 heavy (non-hydrogen) atoms. The van der Waals surface area contributed by atoms with Gasteiger partial charge in [-0.2, -0.15) is 0 Å². The molecule has 1 aromatic heterocycles. The molecule has 0 aromatic carbocycles. The zero-order valence-electron chi connectivity index (χ0n) is 5.26. The average molecular weight is 110 g/mol. The first-order chi connectivity index (χ1) is 4.34. The summed E-state index contributed by atoms with van der Waals surface area (Å²) in [5.41, 5.74) is 8.03. The van der Waals surface area contributed by atoms with Crippen LogP contribution in [0.15, 0.2) is 18.3 Å². The van der Waals surface area contributed by atoms with Gasteiger partial charge in [0, 0.05) is 6.20 Å². The van der Waals surface area contributed by atoms with Crippen LogP contribution in [-0.2, 0) is 0 Å². The van der Waals surface area contributed by atoms with Gasteiger partial charge in [-0.1, -0.05) is 0 Å². The summed E-state index contributed by atoms with van der Waals surface area (Å²) in [7, 11) is 0. The minimum absolute atomic E-state index is 0.354. The Balaban J connectivity index is 3.01. The molecule has 1 heterocycles. The highest BCUT2D eigenvalue weighted by atomic mass is 14.9. The Morgan fingerprint density at radius 1 is 1.75 bits per heavy atom. The lowest BCUT2D eigenvalue weighted by atomic mass is 10.4. The zero-order chi connectivity index (χ0) is 6.69. The molecule has 4 N–H and O–H groups in total. The maximum absolute atomic E-state index is 6.71. The van der Waals surface area contributed by atoms with Gasteiger partial charge < -0.3 is 11.5 Å². The van der Waals surface area contributed by atoms with Crippen molar-refractivity contribution in [1.29, 1.82) is 0 Å². The Kier molecular flexibility index (Phi) is 0.787. The van der Waals surface area contributed by atoms with Gasteiger partial charge in [-0.15, -0.1) is 0 Å². The number of aromatic nitrogens is 1. The Hall–Kier alpha value is -1.25. The predicted octanol–water partition coefficient (Wildman–Crippen LogP) is 0.246. The minimum Gasteiger partial charge on any atom is -0.396 e. The molecule has 0 amide bonds. The van der Waals surface area contributed by atoms with E-state index in [1.807, 2.05) is 0 Å². The highest BCUT2D eigenvalue weighted by Gasteiger charge is 1.87. The number of nitrogens with two attached hydrogens (primary N) is 2. The number of nitrogen functional groups attached to an aromatic ring is 2. The van der Waals surface area contributed by atoms with E-state index in [-0.39, 0.29) is 0 Å². The van der Waals surface area contributed by atoms with Crippen LogP contribution in [0.25, 0.3) is 0 Å². The largest absolute Gasteiger partial charge is 0.396 e. The molecule has 1 rings (SSSR count). The molecule has 0 aliphatic rings. The second kappa shape index (κ2) is 1.69. The summed E-state index contributed by atoms with van der Waals surface area (Å²) in [5.74, 6) is 0.354. The quantitative estimate of drug-likeness (QED) is 0.544. The van der Waals surface area contributed by atoms with Gasteiger partial charge in [0.25, 0.3) is 0 Å². The van der Waals surface area contributed by atoms with Crippen molar-refractivity contribution in [2.45, 2.75) is 0 Å². The summed E-state index contributed by atoms with van der Waals surface area (Å²) in [4.78, 5) is 3.75. The number of pyridine rings is 1. The number of rotatable bonds is 1. The smallest absolute Gasteiger partial charge is 0.156 e. The molecular formula is C5H7N3. The van der Waals surface area contributed by atoms with Crippen LogP contribution in [0.1, 0.15) is 0 Å². The van der Waals surface area contributed by atoms with Crippen LogP contribution in [0.5, 0.6) is 0 Å². The van der Waals surface area contributed by atoms with Crippen molar-refractivity contribution >= 4 is 11.5 Å². The van der Waals surface area contributed by atoms with Gasteiger partial charge in [-0.25, -0.2) is 4.98 Å². The van der Waals surface area contributed by atoms with Crippen molar-refractivity contribution in [2.75, 3.05) is 11.5 Å². The van der Waals surface area contributed by atoms with Crippen molar-refractivity contribution in [1.82, 2.24) is 4.98 Å². The molecule has 0 radical (unpaired) electrons. The lowest BCUT2D eigenvalue weighted by molar-refractivity contribution is 1.34. The van der Waals surface area contributed by atoms with Gasteiger partial charge in [0.05, 0.1) is 5.69 Å². The topological polar surface area (TPSA) is 64.9 Å². The van der Waals surface area contributed by atoms with Crippen LogP contribution in [0.4, 0.5) is 11.5 Å². The van der Waals surface area contributed by atoms with Crippen LogP contribution in [-0.4, -0.2) is 4.98 Å². The zero-order valence-corrected chi connectivity index (χ0v) is 4.26. The number of hydrogen-bond acceptors (Lipinski definition) is 3. The highest BCUT2D eigenvalue weighted by Crippen LogP contribution is 2.06. The maximum atomic E-state index is 6.71. The van der Waals surface area contributed by atoms with Gasteiger partial charge in [0.1, 0.15) is 5.82 Å². The molecule has 1 aromatic rings. The molecule has 42 valence electrons. The van der Waals surface area contributed by atoms with Gasteiger partial charge in [-0.05, 0) is 12.1 Å². The molecule has 0 spiro atoms. The fourth-order valence-corrected chi connectivity index (χ4v) is 0.418. The number of hydrogen-bond donors (Lipinski definition) is 2. The summed E-state index contributed by atoms with van der Waals surface area (Å²) in [6, 6.07) is 3.41. The molecule has 0 atom stereocenters. The van der Waals surface area contributed by atoms with E-state index >= 15 is 0 Å². The number of anilines is 2. The van der Waals surface area contributed by atoms with Gasteiger partial charge >= 0.3 is 0 Å². The fourth-order valence-electron chi connectivity index (χ4n) is 0.418. The van der Waals surface area contributed by atoms with Crippen LogP contribution < -0.4 is 11.5 Å². The van der Waals surface area contributed by atoms with Crippen molar-refractivity contribution in [3.05, 3.63) is 18.3 Å². The molecule has 0 fully saturated rings. The van der Waals surface area contributed by atoms with Gasteiger partial charge in [-0.3, -0.25) is 0 Å². The van der Waals surface area contributed by atoms with Crippen LogP contribution in [0.3, 0.4) is 0 Å². The summed E-state index contributed by atoms with van der Waals surface area (Å²) < 4.78 is 6.71. The average Bonchev–Trinajstić information content (AvgIpc) is 1.89. The second-order valence-corrected chi connectivity index (χ2v) is 1.44. The van der Waals surface area contributed by atoms with E-state index in [1.165, 1.54) is 0 Å². The molecule has 0 unspecified atom stereocenters. The molecule has 0 saturated heterocycles. The maximum Gasteiger partial charge on any atom is 0.156 e. The van der Waals surface area contributed by atoms with E-state index in [1.54, 1.807) is 18.3 Å². The van der Waals surface area contributed by atoms with E-state index in [4.69, 9.17) is 7.15 Å². The standard InChI is InChI=1S/C5H7N3/c6-4-2-1-3-8-5(4)7/h1-3H,6H2,(H2,7,8)/i/hD. The van der Waals surface area contributed by atoms with E-state index in [0.717, 1.165) is 0 Å². The van der Waals surface area contributed by atoms with Crippen LogP contribution >= 0.6 is 0 Å². The molecule has 3 heteroatoms. The summed E-state index contributed by atoms with van der Waals surface area (Å²) in [6.07, 6.45) is 1.58. The van der Waals surface area contributed by atoms with Crippen LogP contribution in [0.2, 0.25) is 1.41 Å². The Morgan fingerprint density at radius 2 is 2.62 bits per heavy atom. The van der Waals surface area contributed by atoms with Crippen molar-refractivity contribution in [3.8, 4) is 0 Å². The Bertz CT molecular complexity index is 201. The number of nitrogens with zero attached hydrogens (tertiary/aromatic N) is 1. The summed E-state index contributed by atoms with van der Waals surface area (Å²) >= 11 is 0. The van der Waals surface area contributed by atoms with Gasteiger partial charge in [0.2, 0.25) is 0 Å².